The molecule has 1 aromatic carbocycles. The Morgan fingerprint density at radius 2 is 2.09 bits per heavy atom. The Morgan fingerprint density at radius 3 is 2.77 bits per heavy atom. The van der Waals surface area contributed by atoms with Crippen molar-refractivity contribution in [3.05, 3.63) is 41.6 Å². The number of anilines is 2. The van der Waals surface area contributed by atoms with Crippen molar-refractivity contribution in [2.24, 2.45) is 0 Å². The van der Waals surface area contributed by atoms with Gasteiger partial charge in [-0.3, -0.25) is 4.79 Å². The summed E-state index contributed by atoms with van der Waals surface area (Å²) >= 11 is 6.18. The van der Waals surface area contributed by atoms with E-state index in [1.807, 2.05) is 12.1 Å². The molecule has 22 heavy (non-hydrogen) atoms. The predicted octanol–water partition coefficient (Wildman–Crippen LogP) is 2.33. The fraction of sp³-hybridized carbons (Fsp3) is 0.333. The van der Waals surface area contributed by atoms with Gasteiger partial charge in [0.25, 0.3) is 5.91 Å². The highest BCUT2D eigenvalue weighted by Crippen LogP contribution is 2.28. The molecule has 0 atom stereocenters. The molecule has 1 N–H and O–H groups in total. The van der Waals surface area contributed by atoms with Crippen LogP contribution in [0.3, 0.4) is 0 Å². The number of amides is 1. The van der Waals surface area contributed by atoms with Crippen LogP contribution in [0, 0.1) is 0 Å². The van der Waals surface area contributed by atoms with Gasteiger partial charge < -0.3 is 19.5 Å². The lowest BCUT2D eigenvalue weighted by molar-refractivity contribution is 0.102. The first-order chi connectivity index (χ1) is 10.6. The van der Waals surface area contributed by atoms with Gasteiger partial charge in [-0.25, -0.2) is 4.98 Å². The molecule has 2 heterocycles. The normalized spacial score (nSPS) is 15.8. The van der Waals surface area contributed by atoms with Gasteiger partial charge in [0.1, 0.15) is 6.26 Å². The van der Waals surface area contributed by atoms with Crippen molar-refractivity contribution in [2.75, 3.05) is 43.4 Å². The van der Waals surface area contributed by atoms with Gasteiger partial charge in [-0.2, -0.15) is 0 Å². The molecule has 1 fully saturated rings. The predicted molar refractivity (Wildman–Crippen MR) is 85.6 cm³/mol. The topological polar surface area (TPSA) is 61.6 Å². The van der Waals surface area contributed by atoms with Crippen LogP contribution >= 0.6 is 11.6 Å². The number of carbonyl (C=O) groups excluding carboxylic acids is 1. The Bertz CT molecular complexity index is 652. The first-order valence-corrected chi connectivity index (χ1v) is 7.44. The zero-order chi connectivity index (χ0) is 15.5. The number of aromatic nitrogens is 1. The Morgan fingerprint density at radius 1 is 1.32 bits per heavy atom. The zero-order valence-electron chi connectivity index (χ0n) is 12.3. The maximum absolute atomic E-state index is 12.0. The van der Waals surface area contributed by atoms with E-state index in [1.165, 1.54) is 12.7 Å². The fourth-order valence-electron chi connectivity index (χ4n) is 2.38. The number of hydrogen-bond donors (Lipinski definition) is 1. The molecule has 1 amide bonds. The highest BCUT2D eigenvalue weighted by molar-refractivity contribution is 6.34. The van der Waals surface area contributed by atoms with Gasteiger partial charge in [0, 0.05) is 31.9 Å². The summed E-state index contributed by atoms with van der Waals surface area (Å²) in [6, 6.07) is 5.67. The lowest BCUT2D eigenvalue weighted by Crippen LogP contribution is -2.44. The summed E-state index contributed by atoms with van der Waals surface area (Å²) in [5.41, 5.74) is 1.85. The van der Waals surface area contributed by atoms with Gasteiger partial charge >= 0.3 is 0 Å². The second-order valence-electron chi connectivity index (χ2n) is 5.28. The second kappa shape index (κ2) is 6.37. The first kappa shape index (κ1) is 14.9. The minimum atomic E-state index is -0.342. The van der Waals surface area contributed by atoms with E-state index in [2.05, 4.69) is 27.1 Å². The van der Waals surface area contributed by atoms with E-state index < -0.39 is 0 Å². The summed E-state index contributed by atoms with van der Waals surface area (Å²) in [4.78, 5) is 20.4. The van der Waals surface area contributed by atoms with Crippen molar-refractivity contribution in [1.82, 2.24) is 9.88 Å². The highest BCUT2D eigenvalue weighted by Gasteiger charge is 2.16. The van der Waals surface area contributed by atoms with Gasteiger partial charge in [0.15, 0.2) is 12.1 Å². The smallest absolute Gasteiger partial charge is 0.277 e. The fourth-order valence-corrected chi connectivity index (χ4v) is 2.55. The third-order valence-corrected chi connectivity index (χ3v) is 4.06. The van der Waals surface area contributed by atoms with Crippen molar-refractivity contribution in [1.29, 1.82) is 0 Å². The van der Waals surface area contributed by atoms with Crippen LogP contribution in [0.1, 0.15) is 10.5 Å². The number of piperazine rings is 1. The van der Waals surface area contributed by atoms with Crippen LogP contribution in [-0.4, -0.2) is 49.0 Å². The number of nitrogens with one attached hydrogen (secondary N) is 1. The van der Waals surface area contributed by atoms with Crippen molar-refractivity contribution >= 4 is 28.9 Å². The molecule has 7 heteroatoms. The largest absolute Gasteiger partial charge is 0.451 e. The molecular weight excluding hydrogens is 304 g/mol. The summed E-state index contributed by atoms with van der Waals surface area (Å²) in [5.74, 6) is -0.342. The van der Waals surface area contributed by atoms with Crippen molar-refractivity contribution in [2.45, 2.75) is 0 Å². The number of benzene rings is 1. The number of oxazole rings is 1. The van der Waals surface area contributed by atoms with E-state index >= 15 is 0 Å². The van der Waals surface area contributed by atoms with Crippen LogP contribution in [0.25, 0.3) is 0 Å². The average Bonchev–Trinajstić information content (AvgIpc) is 3.05. The van der Waals surface area contributed by atoms with E-state index in [1.54, 1.807) is 6.07 Å². The molecule has 116 valence electrons. The van der Waals surface area contributed by atoms with Crippen LogP contribution in [0.15, 0.2) is 35.3 Å². The van der Waals surface area contributed by atoms with Crippen LogP contribution in [0.2, 0.25) is 5.02 Å². The number of carbonyl (C=O) groups is 1. The van der Waals surface area contributed by atoms with E-state index in [9.17, 15) is 4.79 Å². The molecule has 0 aliphatic carbocycles. The molecule has 1 aliphatic heterocycles. The Kier molecular flexibility index (Phi) is 4.31. The number of likely N-dealkylation sites (N-methyl/N-ethyl adjacent to an activating group) is 1. The maximum Gasteiger partial charge on any atom is 0.277 e. The third kappa shape index (κ3) is 3.23. The molecule has 0 unspecified atom stereocenters. The van der Waals surface area contributed by atoms with Gasteiger partial charge in [-0.15, -0.1) is 0 Å². The average molecular weight is 321 g/mol. The molecule has 6 nitrogen and oxygen atoms in total. The summed E-state index contributed by atoms with van der Waals surface area (Å²) in [6.45, 7) is 3.94. The van der Waals surface area contributed by atoms with Crippen molar-refractivity contribution in [3.8, 4) is 0 Å². The van der Waals surface area contributed by atoms with E-state index in [0.29, 0.717) is 10.7 Å². The van der Waals surface area contributed by atoms with Gasteiger partial charge in [0.2, 0.25) is 0 Å². The van der Waals surface area contributed by atoms with Crippen molar-refractivity contribution in [3.63, 3.8) is 0 Å². The Balaban J connectivity index is 1.76. The standard InChI is InChI=1S/C15H17ClN4O2/c1-19-4-6-20(7-5-19)11-2-3-12(16)13(8-11)18-15(21)14-9-22-10-17-14/h2-3,8-10H,4-7H2,1H3,(H,18,21). The molecule has 0 bridgehead atoms. The SMILES string of the molecule is CN1CCN(c2ccc(Cl)c(NC(=O)c3cocn3)c2)CC1. The molecule has 3 rings (SSSR count). The Labute approximate surface area is 133 Å². The third-order valence-electron chi connectivity index (χ3n) is 3.73. The van der Waals surface area contributed by atoms with Gasteiger partial charge in [-0.1, -0.05) is 11.6 Å². The summed E-state index contributed by atoms with van der Waals surface area (Å²) in [5, 5.41) is 3.27. The summed E-state index contributed by atoms with van der Waals surface area (Å²) < 4.78 is 4.81. The lowest BCUT2D eigenvalue weighted by atomic mass is 10.2. The molecule has 0 saturated carbocycles. The number of halogens is 1. The monoisotopic (exact) mass is 320 g/mol. The van der Waals surface area contributed by atoms with E-state index in [-0.39, 0.29) is 11.6 Å². The van der Waals surface area contributed by atoms with Crippen LogP contribution < -0.4 is 10.2 Å². The van der Waals surface area contributed by atoms with Crippen LogP contribution in [0.5, 0.6) is 0 Å². The van der Waals surface area contributed by atoms with Crippen LogP contribution in [0.4, 0.5) is 11.4 Å². The van der Waals surface area contributed by atoms with Crippen LogP contribution in [-0.2, 0) is 0 Å². The number of hydrogen-bond acceptors (Lipinski definition) is 5. The lowest BCUT2D eigenvalue weighted by Gasteiger charge is -2.34. The minimum Gasteiger partial charge on any atom is -0.451 e. The van der Waals surface area contributed by atoms with E-state index in [4.69, 9.17) is 16.0 Å². The summed E-state index contributed by atoms with van der Waals surface area (Å²) in [7, 11) is 2.11. The van der Waals surface area contributed by atoms with Gasteiger partial charge in [-0.05, 0) is 25.2 Å². The molecule has 0 spiro atoms. The first-order valence-electron chi connectivity index (χ1n) is 7.06. The Hall–Kier alpha value is -2.05. The highest BCUT2D eigenvalue weighted by atomic mass is 35.5. The molecule has 1 aliphatic rings. The quantitative estimate of drug-likeness (QED) is 0.940. The zero-order valence-corrected chi connectivity index (χ0v) is 13.0. The second-order valence-corrected chi connectivity index (χ2v) is 5.69. The molecule has 1 saturated heterocycles. The summed E-state index contributed by atoms with van der Waals surface area (Å²) in [6.07, 6.45) is 2.52. The molecular formula is C15H17ClN4O2. The van der Waals surface area contributed by atoms with E-state index in [0.717, 1.165) is 31.9 Å². The maximum atomic E-state index is 12.0. The number of rotatable bonds is 3. The molecule has 2 aromatic rings. The molecule has 0 radical (unpaired) electrons. The number of nitrogens with zero attached hydrogens (tertiary/aromatic N) is 3. The minimum absolute atomic E-state index is 0.223. The van der Waals surface area contributed by atoms with Gasteiger partial charge in [0.05, 0.1) is 10.7 Å². The molecule has 1 aromatic heterocycles. The van der Waals surface area contributed by atoms with Crippen molar-refractivity contribution < 1.29 is 9.21 Å².